The number of piperidine rings is 1. The van der Waals surface area contributed by atoms with E-state index in [1.165, 1.54) is 12.8 Å². The third-order valence-electron chi connectivity index (χ3n) is 1.68. The Balaban J connectivity index is 2.12. The van der Waals surface area contributed by atoms with Crippen molar-refractivity contribution in [2.45, 2.75) is 25.2 Å². The summed E-state index contributed by atoms with van der Waals surface area (Å²) in [5, 5.41) is 3.23. The molecule has 0 amide bonds. The van der Waals surface area contributed by atoms with Gasteiger partial charge in [-0.05, 0) is 12.8 Å². The molecule has 2 rings (SSSR count). The topological polar surface area (TPSA) is 21.3 Å². The van der Waals surface area contributed by atoms with Crippen LogP contribution < -0.4 is 5.32 Å². The molecule has 2 aliphatic rings. The predicted octanol–water partition coefficient (Wildman–Crippen LogP) is 0.0947. The van der Waals surface area contributed by atoms with Gasteiger partial charge in [-0.3, -0.25) is 5.32 Å². The molecule has 0 radical (unpaired) electrons. The lowest BCUT2D eigenvalue weighted by Gasteiger charge is -2.03. The van der Waals surface area contributed by atoms with E-state index in [9.17, 15) is 0 Å². The van der Waals surface area contributed by atoms with Gasteiger partial charge in [0.2, 0.25) is 0 Å². The molecule has 1 N–H and O–H groups in total. The Morgan fingerprint density at radius 1 is 1.43 bits per heavy atom. The summed E-state index contributed by atoms with van der Waals surface area (Å²) in [6, 6.07) is 0. The van der Waals surface area contributed by atoms with E-state index in [1.807, 2.05) is 0 Å². The molecule has 0 aromatic carbocycles. The molecular formula is C5H9NO. The second kappa shape index (κ2) is 1.20. The number of ether oxygens (including phenoxy) is 1. The highest BCUT2D eigenvalue weighted by atomic mass is 16.5. The predicted molar refractivity (Wildman–Crippen MR) is 25.9 cm³/mol. The van der Waals surface area contributed by atoms with E-state index in [0.29, 0.717) is 12.3 Å². The number of rotatable bonds is 0. The van der Waals surface area contributed by atoms with Gasteiger partial charge >= 0.3 is 0 Å². The van der Waals surface area contributed by atoms with E-state index in [2.05, 4.69) is 5.32 Å². The molecule has 2 heteroatoms. The fraction of sp³-hybridized carbons (Fsp3) is 1.00. The van der Waals surface area contributed by atoms with Gasteiger partial charge in [-0.2, -0.15) is 0 Å². The second-order valence-corrected chi connectivity index (χ2v) is 2.23. The van der Waals surface area contributed by atoms with Gasteiger partial charge in [-0.1, -0.05) is 0 Å². The smallest absolute Gasteiger partial charge is 0.108 e. The fourth-order valence-electron chi connectivity index (χ4n) is 1.27. The van der Waals surface area contributed by atoms with Crippen molar-refractivity contribution in [3.05, 3.63) is 0 Å². The maximum Gasteiger partial charge on any atom is 0.108 e. The molecule has 0 aromatic rings. The molecule has 2 bridgehead atoms. The summed E-state index contributed by atoms with van der Waals surface area (Å²) in [6.45, 7) is 1.09. The molecular weight excluding hydrogens is 90.1 g/mol. The minimum atomic E-state index is 0.421. The highest BCUT2D eigenvalue weighted by Gasteiger charge is 2.31. The zero-order chi connectivity index (χ0) is 4.69. The molecule has 2 fully saturated rings. The van der Waals surface area contributed by atoms with Crippen molar-refractivity contribution < 1.29 is 4.74 Å². The first-order chi connectivity index (χ1) is 3.45. The summed E-state index contributed by atoms with van der Waals surface area (Å²) in [5.41, 5.74) is 0. The summed E-state index contributed by atoms with van der Waals surface area (Å²) in [7, 11) is 0. The van der Waals surface area contributed by atoms with Gasteiger partial charge in [0.05, 0.1) is 6.10 Å². The first-order valence-electron chi connectivity index (χ1n) is 2.84. The fourth-order valence-corrected chi connectivity index (χ4v) is 1.27. The van der Waals surface area contributed by atoms with Crippen molar-refractivity contribution in [1.82, 2.24) is 5.32 Å². The van der Waals surface area contributed by atoms with E-state index in [1.54, 1.807) is 0 Å². The van der Waals surface area contributed by atoms with E-state index < -0.39 is 0 Å². The number of fused-ring (bicyclic) bond motifs is 2. The summed E-state index contributed by atoms with van der Waals surface area (Å²) >= 11 is 0. The molecule has 2 saturated heterocycles. The van der Waals surface area contributed by atoms with Crippen LogP contribution in [0.3, 0.4) is 0 Å². The normalized spacial score (nSPS) is 48.0. The Labute approximate surface area is 42.9 Å². The third kappa shape index (κ3) is 0.469. The molecule has 2 aliphatic heterocycles. The van der Waals surface area contributed by atoms with Crippen LogP contribution in [0, 0.1) is 0 Å². The molecule has 2 nitrogen and oxygen atoms in total. The lowest BCUT2D eigenvalue weighted by atomic mass is 10.2. The molecule has 0 saturated carbocycles. The Morgan fingerprint density at radius 3 is 2.57 bits per heavy atom. The number of hydrogen-bond acceptors (Lipinski definition) is 2. The lowest BCUT2D eigenvalue weighted by Crippen LogP contribution is -2.25. The lowest BCUT2D eigenvalue weighted by molar-refractivity contribution is 0.101. The van der Waals surface area contributed by atoms with Crippen LogP contribution in [0.15, 0.2) is 0 Å². The Bertz CT molecular complexity index is 66.1. The minimum Gasteiger partial charge on any atom is -0.359 e. The zero-order valence-corrected chi connectivity index (χ0v) is 4.18. The molecule has 7 heavy (non-hydrogen) atoms. The Hall–Kier alpha value is -0.0800. The summed E-state index contributed by atoms with van der Waals surface area (Å²) < 4.78 is 5.36. The SMILES string of the molecule is C1C[C@H]2NC[C@@H]1O2. The van der Waals surface area contributed by atoms with E-state index in [0.717, 1.165) is 6.54 Å². The first-order valence-corrected chi connectivity index (χ1v) is 2.84. The highest BCUT2D eigenvalue weighted by molar-refractivity contribution is 4.81. The third-order valence-corrected chi connectivity index (χ3v) is 1.68. The Kier molecular flexibility index (Phi) is 0.664. The standard InChI is InChI=1S/C5H9NO/c1-2-5-6-3-4(1)7-5/h4-6H,1-3H2/t4-,5+/m1/s1. The van der Waals surface area contributed by atoms with Crippen molar-refractivity contribution in [1.29, 1.82) is 0 Å². The first kappa shape index (κ1) is 3.87. The zero-order valence-electron chi connectivity index (χ0n) is 4.18. The molecule has 0 unspecified atom stereocenters. The minimum absolute atomic E-state index is 0.421. The van der Waals surface area contributed by atoms with E-state index >= 15 is 0 Å². The van der Waals surface area contributed by atoms with Crippen LogP contribution >= 0.6 is 0 Å². The monoisotopic (exact) mass is 99.1 g/mol. The second-order valence-electron chi connectivity index (χ2n) is 2.23. The summed E-state index contributed by atoms with van der Waals surface area (Å²) in [5.74, 6) is 0. The van der Waals surface area contributed by atoms with Crippen LogP contribution in [0.25, 0.3) is 0 Å². The summed E-state index contributed by atoms with van der Waals surface area (Å²) in [6.07, 6.45) is 3.48. The summed E-state index contributed by atoms with van der Waals surface area (Å²) in [4.78, 5) is 0. The van der Waals surface area contributed by atoms with Gasteiger partial charge in [0.25, 0.3) is 0 Å². The average molecular weight is 99.1 g/mol. The van der Waals surface area contributed by atoms with Crippen LogP contribution in [0.2, 0.25) is 0 Å². The molecule has 2 heterocycles. The van der Waals surface area contributed by atoms with E-state index in [4.69, 9.17) is 4.74 Å². The van der Waals surface area contributed by atoms with Gasteiger partial charge in [-0.25, -0.2) is 0 Å². The highest BCUT2D eigenvalue weighted by Crippen LogP contribution is 2.22. The number of nitrogens with one attached hydrogen (secondary N) is 1. The van der Waals surface area contributed by atoms with Crippen molar-refractivity contribution >= 4 is 0 Å². The van der Waals surface area contributed by atoms with Crippen LogP contribution in [0.1, 0.15) is 12.8 Å². The molecule has 2 atom stereocenters. The van der Waals surface area contributed by atoms with Crippen molar-refractivity contribution in [3.63, 3.8) is 0 Å². The van der Waals surface area contributed by atoms with Gasteiger partial charge in [-0.15, -0.1) is 0 Å². The van der Waals surface area contributed by atoms with Crippen molar-refractivity contribution in [2.24, 2.45) is 0 Å². The average Bonchev–Trinajstić information content (AvgIpc) is 2.22. The van der Waals surface area contributed by atoms with Gasteiger partial charge < -0.3 is 4.74 Å². The largest absolute Gasteiger partial charge is 0.359 e. The van der Waals surface area contributed by atoms with Crippen molar-refractivity contribution in [3.8, 4) is 0 Å². The van der Waals surface area contributed by atoms with Gasteiger partial charge in [0.1, 0.15) is 6.23 Å². The molecule has 0 spiro atoms. The van der Waals surface area contributed by atoms with Gasteiger partial charge in [0.15, 0.2) is 0 Å². The molecule has 0 aliphatic carbocycles. The number of hydrogen-bond donors (Lipinski definition) is 1. The van der Waals surface area contributed by atoms with Gasteiger partial charge in [0, 0.05) is 6.54 Å². The Morgan fingerprint density at radius 2 is 2.43 bits per heavy atom. The molecule has 40 valence electrons. The van der Waals surface area contributed by atoms with E-state index in [-0.39, 0.29) is 0 Å². The van der Waals surface area contributed by atoms with Crippen LogP contribution in [-0.4, -0.2) is 18.9 Å². The van der Waals surface area contributed by atoms with Crippen molar-refractivity contribution in [2.75, 3.05) is 6.54 Å². The van der Waals surface area contributed by atoms with Crippen LogP contribution in [0.5, 0.6) is 0 Å². The van der Waals surface area contributed by atoms with Crippen LogP contribution in [0.4, 0.5) is 0 Å². The molecule has 0 aromatic heterocycles. The maximum atomic E-state index is 5.36. The van der Waals surface area contributed by atoms with Crippen LogP contribution in [-0.2, 0) is 4.74 Å². The maximum absolute atomic E-state index is 5.36. The quantitative estimate of drug-likeness (QED) is 0.465.